The molecule has 2 aromatic heterocycles. The van der Waals surface area contributed by atoms with E-state index in [4.69, 9.17) is 5.26 Å². The van der Waals surface area contributed by atoms with E-state index in [1.807, 2.05) is 44.6 Å². The molecule has 6 heteroatoms. The molecule has 0 aromatic carbocycles. The Bertz CT molecular complexity index is 588. The van der Waals surface area contributed by atoms with Gasteiger partial charge in [0.25, 0.3) is 0 Å². The molecule has 2 aromatic rings. The van der Waals surface area contributed by atoms with Crippen LogP contribution < -0.4 is 4.90 Å². The van der Waals surface area contributed by atoms with Crippen LogP contribution in [0.1, 0.15) is 11.3 Å². The van der Waals surface area contributed by atoms with Crippen LogP contribution in [0.5, 0.6) is 0 Å². The summed E-state index contributed by atoms with van der Waals surface area (Å²) in [7, 11) is 4.07. The molecule has 0 spiro atoms. The zero-order valence-electron chi connectivity index (χ0n) is 12.3. The number of likely N-dealkylation sites (N-methyl/N-ethyl adjacent to an activating group) is 1. The SMILES string of the molecule is CN(C)CCN(Cc1cccnc1)c1ccc(C#N)nn1. The van der Waals surface area contributed by atoms with E-state index in [2.05, 4.69) is 25.0 Å². The van der Waals surface area contributed by atoms with Crippen LogP contribution in [0.2, 0.25) is 0 Å². The lowest BCUT2D eigenvalue weighted by Crippen LogP contribution is -2.32. The number of nitrogens with zero attached hydrogens (tertiary/aromatic N) is 6. The summed E-state index contributed by atoms with van der Waals surface area (Å²) >= 11 is 0. The van der Waals surface area contributed by atoms with Gasteiger partial charge in [-0.3, -0.25) is 4.98 Å². The molecule has 0 saturated carbocycles. The quantitative estimate of drug-likeness (QED) is 0.795. The molecule has 0 aliphatic heterocycles. The molecule has 0 atom stereocenters. The number of rotatable bonds is 6. The molecular weight excluding hydrogens is 264 g/mol. The van der Waals surface area contributed by atoms with Crippen molar-refractivity contribution in [3.63, 3.8) is 0 Å². The predicted octanol–water partition coefficient (Wildman–Crippen LogP) is 1.31. The zero-order chi connectivity index (χ0) is 15.1. The van der Waals surface area contributed by atoms with Crippen LogP contribution in [-0.4, -0.2) is 47.3 Å². The van der Waals surface area contributed by atoms with Crippen molar-refractivity contribution in [2.75, 3.05) is 32.1 Å². The van der Waals surface area contributed by atoms with Crippen molar-refractivity contribution in [2.24, 2.45) is 0 Å². The number of pyridine rings is 1. The maximum Gasteiger partial charge on any atom is 0.163 e. The van der Waals surface area contributed by atoms with Crippen LogP contribution in [0.3, 0.4) is 0 Å². The maximum atomic E-state index is 8.80. The predicted molar refractivity (Wildman–Crippen MR) is 80.6 cm³/mol. The average molecular weight is 282 g/mol. The maximum absolute atomic E-state index is 8.80. The Morgan fingerprint density at radius 1 is 1.14 bits per heavy atom. The first kappa shape index (κ1) is 14.9. The first-order valence-corrected chi connectivity index (χ1v) is 6.71. The molecule has 0 amide bonds. The van der Waals surface area contributed by atoms with Crippen LogP contribution in [0.4, 0.5) is 5.82 Å². The second kappa shape index (κ2) is 7.31. The topological polar surface area (TPSA) is 68.9 Å². The fraction of sp³-hybridized carbons (Fsp3) is 0.333. The Morgan fingerprint density at radius 3 is 2.57 bits per heavy atom. The van der Waals surface area contributed by atoms with Crippen molar-refractivity contribution in [2.45, 2.75) is 6.54 Å². The summed E-state index contributed by atoms with van der Waals surface area (Å²) in [5.74, 6) is 0.764. The molecule has 2 heterocycles. The number of aromatic nitrogens is 3. The van der Waals surface area contributed by atoms with Gasteiger partial charge in [0.15, 0.2) is 11.5 Å². The Kier molecular flexibility index (Phi) is 5.18. The fourth-order valence-corrected chi connectivity index (χ4v) is 1.86. The zero-order valence-corrected chi connectivity index (χ0v) is 12.3. The van der Waals surface area contributed by atoms with E-state index in [1.165, 1.54) is 0 Å². The second-order valence-electron chi connectivity index (χ2n) is 4.97. The molecule has 6 nitrogen and oxygen atoms in total. The van der Waals surface area contributed by atoms with E-state index >= 15 is 0 Å². The smallest absolute Gasteiger partial charge is 0.163 e. The summed E-state index contributed by atoms with van der Waals surface area (Å²) in [6.07, 6.45) is 3.61. The highest BCUT2D eigenvalue weighted by Gasteiger charge is 2.10. The third kappa shape index (κ3) is 4.51. The van der Waals surface area contributed by atoms with Crippen molar-refractivity contribution in [1.82, 2.24) is 20.1 Å². The van der Waals surface area contributed by atoms with Gasteiger partial charge in [0.2, 0.25) is 0 Å². The second-order valence-corrected chi connectivity index (χ2v) is 4.97. The summed E-state index contributed by atoms with van der Waals surface area (Å²) in [4.78, 5) is 8.39. The summed E-state index contributed by atoms with van der Waals surface area (Å²) in [6.45, 7) is 2.44. The Labute approximate surface area is 124 Å². The lowest BCUT2D eigenvalue weighted by Gasteiger charge is -2.24. The highest BCUT2D eigenvalue weighted by Crippen LogP contribution is 2.13. The molecule has 0 N–H and O–H groups in total. The Morgan fingerprint density at radius 2 is 2.00 bits per heavy atom. The van der Waals surface area contributed by atoms with E-state index in [9.17, 15) is 0 Å². The molecule has 0 unspecified atom stereocenters. The minimum Gasteiger partial charge on any atom is -0.349 e. The van der Waals surface area contributed by atoms with Gasteiger partial charge in [-0.25, -0.2) is 0 Å². The van der Waals surface area contributed by atoms with E-state index in [0.717, 1.165) is 24.5 Å². The molecule has 0 bridgehead atoms. The van der Waals surface area contributed by atoms with Crippen molar-refractivity contribution >= 4 is 5.82 Å². The molecule has 0 saturated heterocycles. The monoisotopic (exact) mass is 282 g/mol. The highest BCUT2D eigenvalue weighted by molar-refractivity contribution is 5.39. The fourth-order valence-electron chi connectivity index (χ4n) is 1.86. The summed E-state index contributed by atoms with van der Waals surface area (Å²) in [5, 5.41) is 16.8. The van der Waals surface area contributed by atoms with Crippen molar-refractivity contribution < 1.29 is 0 Å². The highest BCUT2D eigenvalue weighted by atomic mass is 15.3. The Balaban J connectivity index is 2.16. The van der Waals surface area contributed by atoms with Gasteiger partial charge >= 0.3 is 0 Å². The first-order chi connectivity index (χ1) is 10.2. The lowest BCUT2D eigenvalue weighted by atomic mass is 10.2. The normalized spacial score (nSPS) is 10.4. The van der Waals surface area contributed by atoms with E-state index < -0.39 is 0 Å². The van der Waals surface area contributed by atoms with Crippen molar-refractivity contribution in [3.05, 3.63) is 47.9 Å². The van der Waals surface area contributed by atoms with Gasteiger partial charge in [0, 0.05) is 32.0 Å². The minimum atomic E-state index is 0.327. The third-order valence-electron chi connectivity index (χ3n) is 3.00. The van der Waals surface area contributed by atoms with Crippen molar-refractivity contribution in [3.8, 4) is 6.07 Å². The van der Waals surface area contributed by atoms with Gasteiger partial charge in [-0.15, -0.1) is 10.2 Å². The van der Waals surface area contributed by atoms with Crippen LogP contribution in [-0.2, 0) is 6.54 Å². The van der Waals surface area contributed by atoms with Gasteiger partial charge in [-0.1, -0.05) is 6.07 Å². The number of nitriles is 1. The van der Waals surface area contributed by atoms with Gasteiger partial charge in [-0.05, 0) is 37.9 Å². The van der Waals surface area contributed by atoms with Crippen LogP contribution in [0.15, 0.2) is 36.7 Å². The van der Waals surface area contributed by atoms with E-state index in [1.54, 1.807) is 12.3 Å². The summed E-state index contributed by atoms with van der Waals surface area (Å²) in [5.41, 5.74) is 1.44. The third-order valence-corrected chi connectivity index (χ3v) is 3.00. The summed E-state index contributed by atoms with van der Waals surface area (Å²) < 4.78 is 0. The van der Waals surface area contributed by atoms with Crippen LogP contribution in [0.25, 0.3) is 0 Å². The standard InChI is InChI=1S/C15H18N6/c1-20(2)8-9-21(12-13-4-3-7-17-11-13)15-6-5-14(10-16)18-19-15/h3-7,11H,8-9,12H2,1-2H3. The van der Waals surface area contributed by atoms with Crippen LogP contribution >= 0.6 is 0 Å². The summed E-state index contributed by atoms with van der Waals surface area (Å²) in [6, 6.07) is 9.46. The largest absolute Gasteiger partial charge is 0.349 e. The molecule has 21 heavy (non-hydrogen) atoms. The van der Waals surface area contributed by atoms with Gasteiger partial charge in [0.1, 0.15) is 6.07 Å². The van der Waals surface area contributed by atoms with Crippen LogP contribution in [0, 0.1) is 11.3 Å². The van der Waals surface area contributed by atoms with Gasteiger partial charge < -0.3 is 9.80 Å². The average Bonchev–Trinajstić information content (AvgIpc) is 2.52. The molecule has 108 valence electrons. The van der Waals surface area contributed by atoms with Gasteiger partial charge in [-0.2, -0.15) is 5.26 Å². The van der Waals surface area contributed by atoms with E-state index in [-0.39, 0.29) is 0 Å². The first-order valence-electron chi connectivity index (χ1n) is 6.71. The molecular formula is C15H18N6. The van der Waals surface area contributed by atoms with Gasteiger partial charge in [0.05, 0.1) is 0 Å². The molecule has 0 radical (unpaired) electrons. The number of anilines is 1. The molecule has 0 fully saturated rings. The molecule has 0 aliphatic carbocycles. The molecule has 2 rings (SSSR count). The molecule has 0 aliphatic rings. The number of hydrogen-bond acceptors (Lipinski definition) is 6. The Hall–Kier alpha value is -2.52. The minimum absolute atomic E-state index is 0.327. The number of hydrogen-bond donors (Lipinski definition) is 0. The van der Waals surface area contributed by atoms with E-state index in [0.29, 0.717) is 12.2 Å². The lowest BCUT2D eigenvalue weighted by molar-refractivity contribution is 0.412. The van der Waals surface area contributed by atoms with Crippen molar-refractivity contribution in [1.29, 1.82) is 5.26 Å².